The molecule has 6 rings (SSSR count). The van der Waals surface area contributed by atoms with Crippen molar-refractivity contribution in [1.29, 1.82) is 0 Å². The third-order valence-electron chi connectivity index (χ3n) is 17.8. The van der Waals surface area contributed by atoms with E-state index in [4.69, 9.17) is 4.74 Å². The Morgan fingerprint density at radius 2 is 1.49 bits per heavy atom. The number of esters is 1. The number of piperazine rings is 1. The Kier molecular flexibility index (Phi) is 12.5. The van der Waals surface area contributed by atoms with E-state index in [1.54, 1.807) is 0 Å². The Bertz CT molecular complexity index is 1330. The predicted octanol–water partition coefficient (Wildman–Crippen LogP) is 10.9. The summed E-state index contributed by atoms with van der Waals surface area (Å²) in [5, 5.41) is 9.36. The number of hydrogen-bond donors (Lipinski definition) is 1. The first-order chi connectivity index (χ1) is 24.7. The molecule has 0 aromatic heterocycles. The lowest BCUT2D eigenvalue weighted by molar-refractivity contribution is -0.250. The molecule has 0 amide bonds. The van der Waals surface area contributed by atoms with Crippen LogP contribution in [-0.4, -0.2) is 71.7 Å². The van der Waals surface area contributed by atoms with E-state index in [1.165, 1.54) is 96.1 Å². The van der Waals surface area contributed by atoms with E-state index in [9.17, 15) is 14.7 Å². The molecule has 1 aliphatic heterocycles. The highest BCUT2D eigenvalue weighted by molar-refractivity contribution is 5.73. The second-order valence-corrected chi connectivity index (χ2v) is 21.5. The minimum Gasteiger partial charge on any atom is -0.481 e. The first-order valence-corrected chi connectivity index (χ1v) is 22.2. The predicted molar refractivity (Wildman–Crippen MR) is 219 cm³/mol. The van der Waals surface area contributed by atoms with E-state index in [0.29, 0.717) is 40.0 Å². The summed E-state index contributed by atoms with van der Waals surface area (Å²) in [5.74, 6) is 2.31. The third-order valence-corrected chi connectivity index (χ3v) is 17.8. The van der Waals surface area contributed by atoms with Crippen molar-refractivity contribution < 1.29 is 19.4 Å². The van der Waals surface area contributed by atoms with Crippen LogP contribution in [0.2, 0.25) is 0 Å². The van der Waals surface area contributed by atoms with Crippen LogP contribution in [0.25, 0.3) is 0 Å². The highest BCUT2D eigenvalue weighted by atomic mass is 16.5. The van der Waals surface area contributed by atoms with Crippen LogP contribution in [0.1, 0.15) is 167 Å². The average Bonchev–Trinajstić information content (AvgIpc) is 3.46. The van der Waals surface area contributed by atoms with Crippen molar-refractivity contribution in [2.45, 2.75) is 179 Å². The van der Waals surface area contributed by atoms with Crippen LogP contribution < -0.4 is 0 Å². The fourth-order valence-electron chi connectivity index (χ4n) is 14.8. The van der Waals surface area contributed by atoms with Gasteiger partial charge in [0.25, 0.3) is 0 Å². The molecule has 0 aromatic rings. The smallest absolute Gasteiger partial charge is 0.306 e. The quantitative estimate of drug-likeness (QED) is 0.178. The van der Waals surface area contributed by atoms with Crippen LogP contribution >= 0.6 is 0 Å². The van der Waals surface area contributed by atoms with E-state index in [0.717, 1.165) is 24.7 Å². The molecule has 1 heterocycles. The SMILES string of the molecule is C=C(C)[C@@H]1CC[C@]2(CCN3CCN(C(C)C)CC3)CC[C@]3(C)[C@H](CCC4[C@@]5(C)CCC(OC(=O)CC(C)(C)CC(=O)O)C(C)(C)C5CC[C@]43C)C12.CC. The number of rotatable bonds is 10. The second kappa shape index (κ2) is 15.5. The van der Waals surface area contributed by atoms with Crippen LogP contribution in [0.5, 0.6) is 0 Å². The van der Waals surface area contributed by atoms with E-state index >= 15 is 0 Å². The van der Waals surface area contributed by atoms with Gasteiger partial charge in [0.2, 0.25) is 0 Å². The molecule has 304 valence electrons. The molecule has 0 bridgehead atoms. The first kappa shape index (κ1) is 42.7. The number of carbonyl (C=O) groups is 2. The first-order valence-electron chi connectivity index (χ1n) is 22.2. The second-order valence-electron chi connectivity index (χ2n) is 21.5. The molecule has 6 nitrogen and oxygen atoms in total. The summed E-state index contributed by atoms with van der Waals surface area (Å²) >= 11 is 0. The van der Waals surface area contributed by atoms with Gasteiger partial charge >= 0.3 is 11.9 Å². The lowest BCUT2D eigenvalue weighted by atomic mass is 9.32. The van der Waals surface area contributed by atoms with Gasteiger partial charge in [0, 0.05) is 37.6 Å². The summed E-state index contributed by atoms with van der Waals surface area (Å²) in [7, 11) is 0. The van der Waals surface area contributed by atoms with Crippen molar-refractivity contribution >= 4 is 11.9 Å². The number of nitrogens with zero attached hydrogens (tertiary/aromatic N) is 2. The summed E-state index contributed by atoms with van der Waals surface area (Å²) in [6, 6.07) is 0.652. The van der Waals surface area contributed by atoms with Crippen LogP contribution in [-0.2, 0) is 14.3 Å². The normalized spacial score (nSPS) is 41.2. The van der Waals surface area contributed by atoms with Gasteiger partial charge in [0.1, 0.15) is 6.10 Å². The Morgan fingerprint density at radius 3 is 2.09 bits per heavy atom. The molecule has 0 aromatic carbocycles. The molecule has 1 saturated heterocycles. The van der Waals surface area contributed by atoms with Gasteiger partial charge in [-0.1, -0.05) is 74.5 Å². The van der Waals surface area contributed by atoms with Crippen molar-refractivity contribution in [3.8, 4) is 0 Å². The molecule has 5 saturated carbocycles. The molecule has 0 spiro atoms. The summed E-state index contributed by atoms with van der Waals surface area (Å²) in [4.78, 5) is 30.1. The fraction of sp³-hybridized carbons (Fsp3) is 0.915. The van der Waals surface area contributed by atoms with Crippen LogP contribution in [0, 0.1) is 62.1 Å². The summed E-state index contributed by atoms with van der Waals surface area (Å²) < 4.78 is 6.31. The molecule has 0 radical (unpaired) electrons. The molecule has 6 heteroatoms. The lowest BCUT2D eigenvalue weighted by Gasteiger charge is -2.73. The Hall–Kier alpha value is -1.40. The monoisotopic (exact) mass is 739 g/mol. The van der Waals surface area contributed by atoms with Gasteiger partial charge in [-0.3, -0.25) is 14.5 Å². The van der Waals surface area contributed by atoms with E-state index in [1.807, 2.05) is 27.7 Å². The maximum Gasteiger partial charge on any atom is 0.306 e. The summed E-state index contributed by atoms with van der Waals surface area (Å²) in [5.41, 5.74) is 2.06. The standard InChI is InChI=1S/C45H76N2O4.C2H6/c1-30(2)32-14-19-45(22-23-46-24-26-47(27-25-46)31(3)4)21-20-43(10)33(39(32)45)12-13-35-42(9)17-16-36(41(7,8)34(42)15-18-44(35,43)11)51-38(50)29-40(5,6)28-37(48)49;1-2/h31-36,39H,1,12-29H2,2-11H3,(H,48,49);1-2H3/t32-,33+,34?,35?,36?,39?,42-,43+,44+,45+;/m0./s1. The van der Waals surface area contributed by atoms with Gasteiger partial charge in [0.05, 0.1) is 12.8 Å². The van der Waals surface area contributed by atoms with Gasteiger partial charge in [-0.05, 0) is 155 Å². The lowest BCUT2D eigenvalue weighted by Crippen LogP contribution is -2.66. The number of aliphatic carboxylic acids is 1. The molecule has 6 aliphatic rings. The third kappa shape index (κ3) is 7.58. The minimum absolute atomic E-state index is 0.0261. The topological polar surface area (TPSA) is 70.1 Å². The van der Waals surface area contributed by atoms with Gasteiger partial charge in [-0.25, -0.2) is 0 Å². The molecule has 10 atom stereocenters. The molecule has 53 heavy (non-hydrogen) atoms. The van der Waals surface area contributed by atoms with E-state index in [-0.39, 0.29) is 35.7 Å². The van der Waals surface area contributed by atoms with E-state index < -0.39 is 11.4 Å². The highest BCUT2D eigenvalue weighted by Gasteiger charge is 2.71. The maximum absolute atomic E-state index is 13.3. The zero-order chi connectivity index (χ0) is 39.4. The molecular weight excluding hydrogens is 657 g/mol. The van der Waals surface area contributed by atoms with Gasteiger partial charge in [0.15, 0.2) is 0 Å². The Labute approximate surface area is 326 Å². The number of carboxylic acids is 1. The molecular formula is C47H82N2O4. The average molecular weight is 739 g/mol. The van der Waals surface area contributed by atoms with Crippen molar-refractivity contribution in [1.82, 2.24) is 9.80 Å². The van der Waals surface area contributed by atoms with Crippen molar-refractivity contribution in [2.75, 3.05) is 32.7 Å². The highest BCUT2D eigenvalue weighted by Crippen LogP contribution is 2.78. The van der Waals surface area contributed by atoms with Crippen molar-refractivity contribution in [3.63, 3.8) is 0 Å². The van der Waals surface area contributed by atoms with Crippen molar-refractivity contribution in [2.24, 2.45) is 62.1 Å². The fourth-order valence-corrected chi connectivity index (χ4v) is 14.8. The number of allylic oxidation sites excluding steroid dienone is 1. The van der Waals surface area contributed by atoms with Crippen LogP contribution in [0.4, 0.5) is 0 Å². The summed E-state index contributed by atoms with van der Waals surface area (Å²) in [6.07, 6.45) is 14.1. The largest absolute Gasteiger partial charge is 0.481 e. The molecule has 5 aliphatic carbocycles. The Morgan fingerprint density at radius 1 is 0.830 bits per heavy atom. The van der Waals surface area contributed by atoms with Crippen molar-refractivity contribution in [3.05, 3.63) is 12.2 Å². The zero-order valence-electron chi connectivity index (χ0n) is 36.5. The van der Waals surface area contributed by atoms with Crippen LogP contribution in [0.15, 0.2) is 12.2 Å². The number of carboxylic acid groups (broad SMARTS) is 1. The Balaban J connectivity index is 0.00000266. The van der Waals surface area contributed by atoms with E-state index in [2.05, 4.69) is 71.8 Å². The molecule has 4 unspecified atom stereocenters. The molecule has 1 N–H and O–H groups in total. The number of fused-ring (bicyclic) bond motifs is 7. The van der Waals surface area contributed by atoms with Gasteiger partial charge in [-0.2, -0.15) is 0 Å². The minimum atomic E-state index is -0.863. The van der Waals surface area contributed by atoms with Gasteiger partial charge < -0.3 is 14.7 Å². The van der Waals surface area contributed by atoms with Gasteiger partial charge in [-0.15, -0.1) is 0 Å². The summed E-state index contributed by atoms with van der Waals surface area (Å²) in [6.45, 7) is 38.4. The number of hydrogen-bond acceptors (Lipinski definition) is 5. The zero-order valence-corrected chi connectivity index (χ0v) is 36.5. The number of ether oxygens (including phenoxy) is 1. The van der Waals surface area contributed by atoms with Crippen LogP contribution in [0.3, 0.4) is 0 Å². The number of carbonyl (C=O) groups excluding carboxylic acids is 1. The molecule has 6 fully saturated rings. The maximum atomic E-state index is 13.3.